The van der Waals surface area contributed by atoms with Gasteiger partial charge in [-0.15, -0.1) is 0 Å². The molecule has 2 N–H and O–H groups in total. The molecule has 0 bridgehead atoms. The van der Waals surface area contributed by atoms with Crippen molar-refractivity contribution in [1.82, 2.24) is 4.98 Å². The van der Waals surface area contributed by atoms with Gasteiger partial charge < -0.3 is 15.4 Å². The Morgan fingerprint density at radius 2 is 1.71 bits per heavy atom. The number of anilines is 2. The lowest BCUT2D eigenvalue weighted by Crippen LogP contribution is -2.02. The molecule has 2 amide bonds. The minimum atomic E-state index is 0.309. The SMILES string of the molecule is COc1cc(NC=O)nc(NC=O)c1. The summed E-state index contributed by atoms with van der Waals surface area (Å²) in [6, 6.07) is 3.06. The molecule has 0 saturated heterocycles. The lowest BCUT2D eigenvalue weighted by molar-refractivity contribution is -0.106. The Morgan fingerprint density at radius 1 is 1.21 bits per heavy atom. The molecule has 0 unspecified atom stereocenters. The minimum absolute atomic E-state index is 0.309. The standard InChI is InChI=1S/C8H9N3O3/c1-14-6-2-7(9-4-12)11-8(3-6)10-5-13/h2-5H,1H3,(H2,9,10,11,12,13). The van der Waals surface area contributed by atoms with Gasteiger partial charge in [0.2, 0.25) is 12.8 Å². The third kappa shape index (κ3) is 2.44. The highest BCUT2D eigenvalue weighted by molar-refractivity contribution is 5.74. The summed E-state index contributed by atoms with van der Waals surface area (Å²) in [4.78, 5) is 24.2. The zero-order chi connectivity index (χ0) is 10.4. The van der Waals surface area contributed by atoms with Crippen LogP contribution in [0.2, 0.25) is 0 Å². The Labute approximate surface area is 80.3 Å². The highest BCUT2D eigenvalue weighted by Crippen LogP contribution is 2.19. The van der Waals surface area contributed by atoms with E-state index in [0.29, 0.717) is 30.2 Å². The second-order valence-electron chi connectivity index (χ2n) is 2.30. The van der Waals surface area contributed by atoms with Crippen LogP contribution < -0.4 is 15.4 Å². The van der Waals surface area contributed by atoms with Gasteiger partial charge >= 0.3 is 0 Å². The van der Waals surface area contributed by atoms with Crippen molar-refractivity contribution < 1.29 is 14.3 Å². The minimum Gasteiger partial charge on any atom is -0.496 e. The first-order valence-corrected chi connectivity index (χ1v) is 3.76. The Balaban J connectivity index is 2.99. The van der Waals surface area contributed by atoms with Crippen LogP contribution in [0.3, 0.4) is 0 Å². The first-order chi connectivity index (χ1) is 6.80. The van der Waals surface area contributed by atoms with Gasteiger partial charge in [-0.1, -0.05) is 0 Å². The fourth-order valence-corrected chi connectivity index (χ4v) is 0.892. The van der Waals surface area contributed by atoms with E-state index in [1.54, 1.807) is 0 Å². The van der Waals surface area contributed by atoms with Crippen molar-refractivity contribution in [3.05, 3.63) is 12.1 Å². The second-order valence-corrected chi connectivity index (χ2v) is 2.30. The molecule has 1 rings (SSSR count). The van der Waals surface area contributed by atoms with E-state index in [0.717, 1.165) is 0 Å². The smallest absolute Gasteiger partial charge is 0.212 e. The molecule has 0 atom stereocenters. The average molecular weight is 195 g/mol. The molecular formula is C8H9N3O3. The van der Waals surface area contributed by atoms with E-state index in [1.165, 1.54) is 19.2 Å². The number of pyridine rings is 1. The third-order valence-electron chi connectivity index (χ3n) is 1.45. The molecule has 0 spiro atoms. The quantitative estimate of drug-likeness (QED) is 0.659. The molecule has 1 aromatic rings. The maximum atomic E-state index is 10.2. The molecule has 0 fully saturated rings. The zero-order valence-electron chi connectivity index (χ0n) is 7.48. The summed E-state index contributed by atoms with van der Waals surface area (Å²) in [5.41, 5.74) is 0. The number of methoxy groups -OCH3 is 1. The molecule has 6 heteroatoms. The first kappa shape index (κ1) is 9.97. The van der Waals surface area contributed by atoms with Gasteiger partial charge in [0.25, 0.3) is 0 Å². The average Bonchev–Trinajstić information content (AvgIpc) is 2.18. The molecular weight excluding hydrogens is 186 g/mol. The predicted octanol–water partition coefficient (Wildman–Crippen LogP) is 0.227. The summed E-state index contributed by atoms with van der Waals surface area (Å²) >= 11 is 0. The zero-order valence-corrected chi connectivity index (χ0v) is 7.48. The van der Waals surface area contributed by atoms with Gasteiger partial charge in [0.05, 0.1) is 7.11 Å². The number of aromatic nitrogens is 1. The van der Waals surface area contributed by atoms with Crippen molar-refractivity contribution in [1.29, 1.82) is 0 Å². The molecule has 0 aliphatic carbocycles. The molecule has 0 aliphatic rings. The molecule has 74 valence electrons. The summed E-state index contributed by atoms with van der Waals surface area (Å²) in [6.07, 6.45) is 0.985. The summed E-state index contributed by atoms with van der Waals surface area (Å²) in [5, 5.41) is 4.71. The van der Waals surface area contributed by atoms with Crippen LogP contribution in [0.25, 0.3) is 0 Å². The van der Waals surface area contributed by atoms with Gasteiger partial charge in [0, 0.05) is 12.1 Å². The van der Waals surface area contributed by atoms with E-state index in [-0.39, 0.29) is 0 Å². The highest BCUT2D eigenvalue weighted by atomic mass is 16.5. The number of ether oxygens (including phenoxy) is 1. The van der Waals surface area contributed by atoms with Crippen LogP contribution in [-0.2, 0) is 9.59 Å². The van der Waals surface area contributed by atoms with Crippen LogP contribution in [-0.4, -0.2) is 24.9 Å². The van der Waals surface area contributed by atoms with Crippen LogP contribution in [0, 0.1) is 0 Å². The van der Waals surface area contributed by atoms with Crippen molar-refractivity contribution in [3.8, 4) is 5.75 Å². The van der Waals surface area contributed by atoms with E-state index in [9.17, 15) is 9.59 Å². The second kappa shape index (κ2) is 4.80. The van der Waals surface area contributed by atoms with Crippen LogP contribution in [0.4, 0.5) is 11.6 Å². The van der Waals surface area contributed by atoms with E-state index < -0.39 is 0 Å². The Bertz CT molecular complexity index is 312. The number of hydrogen-bond donors (Lipinski definition) is 2. The van der Waals surface area contributed by atoms with Crippen molar-refractivity contribution in [3.63, 3.8) is 0 Å². The van der Waals surface area contributed by atoms with Gasteiger partial charge in [0.15, 0.2) is 0 Å². The van der Waals surface area contributed by atoms with Crippen LogP contribution in [0.1, 0.15) is 0 Å². The number of nitrogens with one attached hydrogen (secondary N) is 2. The lowest BCUT2D eigenvalue weighted by Gasteiger charge is -2.05. The van der Waals surface area contributed by atoms with Gasteiger partial charge in [0.1, 0.15) is 17.4 Å². The van der Waals surface area contributed by atoms with Crippen LogP contribution in [0.15, 0.2) is 12.1 Å². The van der Waals surface area contributed by atoms with E-state index >= 15 is 0 Å². The lowest BCUT2D eigenvalue weighted by atomic mass is 10.4. The first-order valence-electron chi connectivity index (χ1n) is 3.76. The van der Waals surface area contributed by atoms with E-state index in [2.05, 4.69) is 15.6 Å². The highest BCUT2D eigenvalue weighted by Gasteiger charge is 2.01. The number of nitrogens with zero attached hydrogens (tertiary/aromatic N) is 1. The molecule has 0 aliphatic heterocycles. The van der Waals surface area contributed by atoms with Crippen LogP contribution in [0.5, 0.6) is 5.75 Å². The maximum Gasteiger partial charge on any atom is 0.212 e. The third-order valence-corrected chi connectivity index (χ3v) is 1.45. The number of amides is 2. The van der Waals surface area contributed by atoms with Gasteiger partial charge in [-0.3, -0.25) is 9.59 Å². The van der Waals surface area contributed by atoms with Crippen LogP contribution >= 0.6 is 0 Å². The van der Waals surface area contributed by atoms with Crippen molar-refractivity contribution in [2.75, 3.05) is 17.7 Å². The Morgan fingerprint density at radius 3 is 2.07 bits per heavy atom. The molecule has 6 nitrogen and oxygen atoms in total. The Kier molecular flexibility index (Phi) is 3.42. The number of rotatable bonds is 5. The summed E-state index contributed by atoms with van der Waals surface area (Å²) in [7, 11) is 1.48. The maximum absolute atomic E-state index is 10.2. The normalized spacial score (nSPS) is 8.93. The molecule has 1 aromatic heterocycles. The molecule has 0 saturated carbocycles. The van der Waals surface area contributed by atoms with Crippen molar-refractivity contribution >= 4 is 24.5 Å². The number of carbonyl (C=O) groups is 2. The predicted molar refractivity (Wildman–Crippen MR) is 50.2 cm³/mol. The number of hydrogen-bond acceptors (Lipinski definition) is 4. The fraction of sp³-hybridized carbons (Fsp3) is 0.125. The topological polar surface area (TPSA) is 80.3 Å². The molecule has 14 heavy (non-hydrogen) atoms. The summed E-state index contributed by atoms with van der Waals surface area (Å²) in [5.74, 6) is 1.11. The number of carbonyl (C=O) groups excluding carboxylic acids is 2. The largest absolute Gasteiger partial charge is 0.496 e. The molecule has 0 radical (unpaired) electrons. The van der Waals surface area contributed by atoms with Gasteiger partial charge in [-0.05, 0) is 0 Å². The van der Waals surface area contributed by atoms with Gasteiger partial charge in [-0.2, -0.15) is 0 Å². The monoisotopic (exact) mass is 195 g/mol. The Hall–Kier alpha value is -2.11. The van der Waals surface area contributed by atoms with Crippen molar-refractivity contribution in [2.45, 2.75) is 0 Å². The fourth-order valence-electron chi connectivity index (χ4n) is 0.892. The summed E-state index contributed by atoms with van der Waals surface area (Å²) in [6.45, 7) is 0. The summed E-state index contributed by atoms with van der Waals surface area (Å²) < 4.78 is 4.94. The van der Waals surface area contributed by atoms with Gasteiger partial charge in [-0.25, -0.2) is 4.98 Å². The molecule has 0 aromatic carbocycles. The van der Waals surface area contributed by atoms with Crippen molar-refractivity contribution in [2.24, 2.45) is 0 Å². The molecule has 1 heterocycles. The van der Waals surface area contributed by atoms with E-state index in [4.69, 9.17) is 4.74 Å². The van der Waals surface area contributed by atoms with E-state index in [1.807, 2.05) is 0 Å².